The number of nitrogens with one attached hydrogen (secondary N) is 2. The predicted molar refractivity (Wildman–Crippen MR) is 131 cm³/mol. The molecule has 2 amide bonds. The summed E-state index contributed by atoms with van der Waals surface area (Å²) >= 11 is 5.88. The Morgan fingerprint density at radius 2 is 1.74 bits per heavy atom. The van der Waals surface area contributed by atoms with E-state index in [2.05, 4.69) is 15.8 Å². The van der Waals surface area contributed by atoms with Crippen LogP contribution in [0.25, 0.3) is 0 Å². The maximum atomic E-state index is 12.2. The highest BCUT2D eigenvalue weighted by atomic mass is 35.5. The summed E-state index contributed by atoms with van der Waals surface area (Å²) in [6, 6.07) is 19.3. The Morgan fingerprint density at radius 1 is 0.941 bits per heavy atom. The molecule has 0 aliphatic rings. The van der Waals surface area contributed by atoms with E-state index >= 15 is 0 Å². The van der Waals surface area contributed by atoms with Crippen molar-refractivity contribution in [2.75, 3.05) is 25.6 Å². The molecule has 0 heterocycles. The van der Waals surface area contributed by atoms with E-state index in [-0.39, 0.29) is 19.1 Å². The third kappa shape index (κ3) is 7.53. The third-order valence-electron chi connectivity index (χ3n) is 4.53. The first-order valence-electron chi connectivity index (χ1n) is 10.3. The fraction of sp³-hybridized carbons (Fsp3) is 0.160. The van der Waals surface area contributed by atoms with Crippen molar-refractivity contribution in [1.29, 1.82) is 0 Å². The number of rotatable bonds is 10. The van der Waals surface area contributed by atoms with Gasteiger partial charge in [0.2, 0.25) is 0 Å². The molecule has 0 atom stereocenters. The summed E-state index contributed by atoms with van der Waals surface area (Å²) in [6.45, 7) is 1.52. The van der Waals surface area contributed by atoms with Gasteiger partial charge in [0.25, 0.3) is 11.8 Å². The standard InChI is InChI=1S/C25H24ClN3O5/c1-17-6-3-4-9-21(17)28-24(30)15-34-22-11-10-18(12-23(22)32-2)14-27-29-25(31)16-33-20-8-5-7-19(26)13-20/h3-14H,15-16H2,1-2H3,(H,28,30)(H,29,31)/b27-14+. The Bertz CT molecular complexity index is 1180. The SMILES string of the molecule is COc1cc(/C=N/NC(=O)COc2cccc(Cl)c2)ccc1OCC(=O)Nc1ccccc1C. The van der Waals surface area contributed by atoms with Crippen LogP contribution in [0.4, 0.5) is 5.69 Å². The monoisotopic (exact) mass is 481 g/mol. The lowest BCUT2D eigenvalue weighted by molar-refractivity contribution is -0.123. The summed E-state index contributed by atoms with van der Waals surface area (Å²) in [7, 11) is 1.49. The number of carbonyl (C=O) groups is 2. The van der Waals surface area contributed by atoms with Crippen LogP contribution in [0.15, 0.2) is 71.8 Å². The zero-order chi connectivity index (χ0) is 24.3. The molecule has 0 unspecified atom stereocenters. The molecule has 0 aromatic heterocycles. The maximum absolute atomic E-state index is 12.2. The normalized spacial score (nSPS) is 10.6. The number of carbonyl (C=O) groups excluding carboxylic acids is 2. The molecule has 0 spiro atoms. The number of ether oxygens (including phenoxy) is 3. The van der Waals surface area contributed by atoms with Crippen molar-refractivity contribution in [3.63, 3.8) is 0 Å². The molecule has 3 aromatic carbocycles. The van der Waals surface area contributed by atoms with Gasteiger partial charge in [0.05, 0.1) is 13.3 Å². The van der Waals surface area contributed by atoms with Gasteiger partial charge in [0.15, 0.2) is 24.7 Å². The van der Waals surface area contributed by atoms with E-state index in [1.165, 1.54) is 13.3 Å². The summed E-state index contributed by atoms with van der Waals surface area (Å²) in [5, 5.41) is 7.24. The van der Waals surface area contributed by atoms with Gasteiger partial charge in [0.1, 0.15) is 5.75 Å². The molecule has 34 heavy (non-hydrogen) atoms. The highest BCUT2D eigenvalue weighted by Gasteiger charge is 2.10. The molecule has 2 N–H and O–H groups in total. The van der Waals surface area contributed by atoms with Crippen molar-refractivity contribution < 1.29 is 23.8 Å². The zero-order valence-corrected chi connectivity index (χ0v) is 19.5. The Hall–Kier alpha value is -4.04. The number of hydrogen-bond acceptors (Lipinski definition) is 6. The smallest absolute Gasteiger partial charge is 0.277 e. The quantitative estimate of drug-likeness (QED) is 0.334. The summed E-state index contributed by atoms with van der Waals surface area (Å²) in [5.41, 5.74) is 4.73. The van der Waals surface area contributed by atoms with Gasteiger partial charge in [-0.1, -0.05) is 35.9 Å². The molecule has 3 rings (SSSR count). The van der Waals surface area contributed by atoms with Crippen molar-refractivity contribution in [2.24, 2.45) is 5.10 Å². The fourth-order valence-corrected chi connectivity index (χ4v) is 3.02. The molecule has 0 fully saturated rings. The van der Waals surface area contributed by atoms with Crippen LogP contribution in [0, 0.1) is 6.92 Å². The van der Waals surface area contributed by atoms with Gasteiger partial charge in [-0.15, -0.1) is 0 Å². The lowest BCUT2D eigenvalue weighted by Crippen LogP contribution is -2.24. The molecule has 176 valence electrons. The van der Waals surface area contributed by atoms with Crippen LogP contribution < -0.4 is 25.0 Å². The van der Waals surface area contributed by atoms with Crippen LogP contribution in [-0.4, -0.2) is 38.4 Å². The molecule has 0 saturated heterocycles. The Morgan fingerprint density at radius 3 is 2.50 bits per heavy atom. The molecular formula is C25H24ClN3O5. The molecule has 0 bridgehead atoms. The van der Waals surface area contributed by atoms with Crippen molar-refractivity contribution in [2.45, 2.75) is 6.92 Å². The first-order valence-corrected chi connectivity index (χ1v) is 10.7. The van der Waals surface area contributed by atoms with Crippen molar-refractivity contribution >= 4 is 35.3 Å². The lowest BCUT2D eigenvalue weighted by Gasteiger charge is -2.12. The number of hydrogen-bond donors (Lipinski definition) is 2. The Labute approximate surface area is 202 Å². The van der Waals surface area contributed by atoms with E-state index in [1.807, 2.05) is 31.2 Å². The number of anilines is 1. The van der Waals surface area contributed by atoms with Gasteiger partial charge in [-0.05, 0) is 60.5 Å². The average molecular weight is 482 g/mol. The van der Waals surface area contributed by atoms with Crippen LogP contribution in [0.5, 0.6) is 17.2 Å². The highest BCUT2D eigenvalue weighted by molar-refractivity contribution is 6.30. The topological polar surface area (TPSA) is 98.2 Å². The zero-order valence-electron chi connectivity index (χ0n) is 18.7. The van der Waals surface area contributed by atoms with E-state index in [4.69, 9.17) is 25.8 Å². The molecule has 0 radical (unpaired) electrons. The van der Waals surface area contributed by atoms with Gasteiger partial charge >= 0.3 is 0 Å². The number of aryl methyl sites for hydroxylation is 1. The van der Waals surface area contributed by atoms with E-state index in [0.29, 0.717) is 27.8 Å². The number of halogens is 1. The van der Waals surface area contributed by atoms with E-state index in [9.17, 15) is 9.59 Å². The van der Waals surface area contributed by atoms with Gasteiger partial charge in [-0.2, -0.15) is 5.10 Å². The molecule has 8 nitrogen and oxygen atoms in total. The minimum atomic E-state index is -0.428. The molecule has 0 saturated carbocycles. The molecule has 0 aliphatic heterocycles. The van der Waals surface area contributed by atoms with Gasteiger partial charge < -0.3 is 19.5 Å². The highest BCUT2D eigenvalue weighted by Crippen LogP contribution is 2.27. The first kappa shape index (κ1) is 24.6. The second kappa shape index (κ2) is 12.3. The first-order chi connectivity index (χ1) is 16.4. The van der Waals surface area contributed by atoms with Crippen LogP contribution in [0.3, 0.4) is 0 Å². The summed E-state index contributed by atoms with van der Waals surface area (Å²) in [6.07, 6.45) is 1.45. The Balaban J connectivity index is 1.49. The van der Waals surface area contributed by atoms with E-state index in [0.717, 1.165) is 11.3 Å². The van der Waals surface area contributed by atoms with Crippen LogP contribution in [0.1, 0.15) is 11.1 Å². The van der Waals surface area contributed by atoms with E-state index in [1.54, 1.807) is 42.5 Å². The van der Waals surface area contributed by atoms with Crippen LogP contribution in [-0.2, 0) is 9.59 Å². The summed E-state index contributed by atoms with van der Waals surface area (Å²) < 4.78 is 16.3. The van der Waals surface area contributed by atoms with Gasteiger partial charge in [-0.3, -0.25) is 9.59 Å². The van der Waals surface area contributed by atoms with Crippen molar-refractivity contribution in [3.8, 4) is 17.2 Å². The second-order valence-corrected chi connectivity index (χ2v) is 7.54. The molecule has 0 aliphatic carbocycles. The van der Waals surface area contributed by atoms with Crippen LogP contribution >= 0.6 is 11.6 Å². The molecular weight excluding hydrogens is 458 g/mol. The molecule has 9 heteroatoms. The van der Waals surface area contributed by atoms with E-state index < -0.39 is 5.91 Å². The largest absolute Gasteiger partial charge is 0.493 e. The average Bonchev–Trinajstić information content (AvgIpc) is 2.83. The maximum Gasteiger partial charge on any atom is 0.277 e. The number of methoxy groups -OCH3 is 1. The minimum absolute atomic E-state index is 0.180. The number of hydrazone groups is 1. The van der Waals surface area contributed by atoms with Crippen molar-refractivity contribution in [3.05, 3.63) is 82.9 Å². The number of nitrogens with zero attached hydrogens (tertiary/aromatic N) is 1. The third-order valence-corrected chi connectivity index (χ3v) is 4.77. The number of benzene rings is 3. The number of para-hydroxylation sites is 1. The van der Waals surface area contributed by atoms with Crippen molar-refractivity contribution in [1.82, 2.24) is 5.43 Å². The minimum Gasteiger partial charge on any atom is -0.493 e. The lowest BCUT2D eigenvalue weighted by atomic mass is 10.2. The van der Waals surface area contributed by atoms with Gasteiger partial charge in [0, 0.05) is 10.7 Å². The second-order valence-electron chi connectivity index (χ2n) is 7.10. The number of amides is 2. The summed E-state index contributed by atoms with van der Waals surface area (Å²) in [4.78, 5) is 24.1. The molecule has 3 aromatic rings. The van der Waals surface area contributed by atoms with Gasteiger partial charge in [-0.25, -0.2) is 5.43 Å². The summed E-state index contributed by atoms with van der Waals surface area (Å²) in [5.74, 6) is 0.592. The predicted octanol–water partition coefficient (Wildman–Crippen LogP) is 4.20. The fourth-order valence-electron chi connectivity index (χ4n) is 2.84. The Kier molecular flexibility index (Phi) is 8.88. The van der Waals surface area contributed by atoms with Crippen LogP contribution in [0.2, 0.25) is 5.02 Å².